The third-order valence-corrected chi connectivity index (χ3v) is 11.2. The van der Waals surface area contributed by atoms with Crippen molar-refractivity contribution in [2.45, 2.75) is 12.2 Å². The molecule has 0 atom stereocenters. The highest BCUT2D eigenvalue weighted by Gasteiger charge is 2.27. The van der Waals surface area contributed by atoms with E-state index in [0.717, 1.165) is 5.56 Å². The second-order valence-corrected chi connectivity index (χ2v) is 15.6. The van der Waals surface area contributed by atoms with Crippen molar-refractivity contribution in [2.75, 3.05) is 39.9 Å². The first-order valence-electron chi connectivity index (χ1n) is 16.0. The summed E-state index contributed by atoms with van der Waals surface area (Å²) in [5.74, 6) is 3.30. The first-order chi connectivity index (χ1) is 26.2. The summed E-state index contributed by atoms with van der Waals surface area (Å²) < 4.78 is 51.3. The molecule has 0 spiro atoms. The molecule has 4 heterocycles. The van der Waals surface area contributed by atoms with E-state index in [4.69, 9.17) is 36.3 Å². The van der Waals surface area contributed by atoms with E-state index in [1.54, 1.807) is 66.1 Å². The van der Waals surface area contributed by atoms with Crippen molar-refractivity contribution in [3.63, 3.8) is 0 Å². The van der Waals surface area contributed by atoms with Crippen LogP contribution < -0.4 is 24.7 Å². The lowest BCUT2D eigenvalue weighted by atomic mass is 10.2. The summed E-state index contributed by atoms with van der Waals surface area (Å²) in [7, 11) is 2.72. The average Bonchev–Trinajstić information content (AvgIpc) is 4.03. The highest BCUT2D eigenvalue weighted by atomic mass is 35.5. The molecule has 0 bridgehead atoms. The van der Waals surface area contributed by atoms with Gasteiger partial charge in [0.1, 0.15) is 40.1 Å². The number of sulfone groups is 1. The first kappa shape index (κ1) is 38.2. The third-order valence-electron chi connectivity index (χ3n) is 7.88. The van der Waals surface area contributed by atoms with E-state index in [1.807, 2.05) is 41.1 Å². The summed E-state index contributed by atoms with van der Waals surface area (Å²) in [6.45, 7) is 0. The Morgan fingerprint density at radius 2 is 1.17 bits per heavy atom. The number of aromatic nitrogens is 8. The molecule has 0 saturated heterocycles. The van der Waals surface area contributed by atoms with Gasteiger partial charge in [-0.05, 0) is 48.4 Å². The van der Waals surface area contributed by atoms with Gasteiger partial charge in [0.15, 0.2) is 37.3 Å². The number of para-hydroxylation sites is 2. The number of hydrogen-bond donors (Lipinski definition) is 1. The summed E-state index contributed by atoms with van der Waals surface area (Å²) >= 11 is 8.75. The van der Waals surface area contributed by atoms with Crippen LogP contribution in [0.3, 0.4) is 0 Å². The van der Waals surface area contributed by atoms with Crippen molar-refractivity contribution in [3.8, 4) is 56.0 Å². The van der Waals surface area contributed by atoms with E-state index in [-0.39, 0.29) is 23.3 Å². The van der Waals surface area contributed by atoms with Crippen LogP contribution in [-0.4, -0.2) is 82.1 Å². The molecular weight excluding hydrogens is 774 g/mol. The number of nitrogen functional groups attached to an aromatic ring is 1. The van der Waals surface area contributed by atoms with Crippen LogP contribution in [0.5, 0.6) is 23.0 Å². The number of halogens is 1. The lowest BCUT2D eigenvalue weighted by Crippen LogP contribution is -2.16. The van der Waals surface area contributed by atoms with Crippen LogP contribution in [0.4, 0.5) is 5.95 Å². The molecule has 54 heavy (non-hydrogen) atoms. The molecule has 0 aliphatic heterocycles. The maximum Gasteiger partial charge on any atom is 0.227 e. The van der Waals surface area contributed by atoms with Crippen molar-refractivity contribution in [1.82, 2.24) is 39.5 Å². The number of nitrogens with zero attached hydrogens (tertiary/aromatic N) is 8. The molecule has 7 rings (SSSR count). The smallest absolute Gasteiger partial charge is 0.227 e. The number of nitrogens with two attached hydrogens (primary N) is 1. The van der Waals surface area contributed by atoms with Gasteiger partial charge >= 0.3 is 0 Å². The fourth-order valence-corrected chi connectivity index (χ4v) is 8.02. The Labute approximate surface area is 323 Å². The molecule has 4 aromatic heterocycles. The maximum atomic E-state index is 13.0. The summed E-state index contributed by atoms with van der Waals surface area (Å²) in [4.78, 5) is 8.58. The monoisotopic (exact) mass is 807 g/mol. The first-order valence-corrected chi connectivity index (χ1v) is 20.0. The third kappa shape index (κ3) is 8.31. The van der Waals surface area contributed by atoms with E-state index < -0.39 is 9.84 Å². The highest BCUT2D eigenvalue weighted by Crippen LogP contribution is 2.38. The molecule has 0 unspecified atom stereocenters. The van der Waals surface area contributed by atoms with Crippen molar-refractivity contribution in [1.29, 1.82) is 0 Å². The Kier molecular flexibility index (Phi) is 12.1. The molecule has 15 nitrogen and oxygen atoms in total. The minimum absolute atomic E-state index is 0.0445. The number of ether oxygens (including phenoxy) is 4. The van der Waals surface area contributed by atoms with Gasteiger partial charge in [0.25, 0.3) is 0 Å². The molecule has 0 saturated carbocycles. The zero-order valence-electron chi connectivity index (χ0n) is 29.4. The molecule has 3 aromatic carbocycles. The van der Waals surface area contributed by atoms with Gasteiger partial charge in [-0.3, -0.25) is 9.13 Å². The quantitative estimate of drug-likeness (QED) is 0.139. The number of aryl methyl sites for hydroxylation is 1. The van der Waals surface area contributed by atoms with Gasteiger partial charge < -0.3 is 24.7 Å². The van der Waals surface area contributed by atoms with Crippen LogP contribution in [-0.2, 0) is 22.0 Å². The Hall–Kier alpha value is -5.56. The van der Waals surface area contributed by atoms with E-state index >= 15 is 0 Å². The van der Waals surface area contributed by atoms with E-state index in [9.17, 15) is 8.42 Å². The van der Waals surface area contributed by atoms with Crippen LogP contribution in [0, 0.1) is 0 Å². The molecule has 0 aliphatic carbocycles. The van der Waals surface area contributed by atoms with Gasteiger partial charge in [0.2, 0.25) is 5.95 Å². The Balaban J connectivity index is 0.000000203. The van der Waals surface area contributed by atoms with Gasteiger partial charge in [0, 0.05) is 28.2 Å². The number of anilines is 1. The van der Waals surface area contributed by atoms with Gasteiger partial charge in [-0.2, -0.15) is 0 Å². The van der Waals surface area contributed by atoms with Gasteiger partial charge in [-0.25, -0.2) is 18.4 Å². The number of methoxy groups -OCH3 is 4. The molecule has 7 aromatic rings. The number of thiazole rings is 2. The second kappa shape index (κ2) is 17.1. The topological polar surface area (TPSA) is 184 Å². The number of hydrogen-bond acceptors (Lipinski definition) is 15. The Morgan fingerprint density at radius 3 is 1.65 bits per heavy atom. The SMILES string of the molecule is COc1cccc(OC)c1-n1c(CS(=O)(=O)CCc2ccc(Cl)cc2)nnc1-c1nccs1.COc1cccc(OC)c1-n1c(N)nnc1-c1nccs1. The fourth-order valence-electron chi connectivity index (χ4n) is 5.40. The average molecular weight is 808 g/mol. The van der Waals surface area contributed by atoms with Crippen molar-refractivity contribution < 1.29 is 27.4 Å². The maximum absolute atomic E-state index is 13.0. The fraction of sp³-hybridized carbons (Fsp3) is 0.200. The number of rotatable bonds is 13. The minimum Gasteiger partial charge on any atom is -0.494 e. The van der Waals surface area contributed by atoms with E-state index in [0.29, 0.717) is 67.5 Å². The Morgan fingerprint density at radius 1 is 0.685 bits per heavy atom. The summed E-state index contributed by atoms with van der Waals surface area (Å²) in [6.07, 6.45) is 3.72. The predicted molar refractivity (Wildman–Crippen MR) is 208 cm³/mol. The standard InChI is InChI=1S/C22H21ClN4O4S2.C13H13N5O2S/c1-30-17-4-3-5-18(31-2)20(17)27-19(25-26-21(27)22-24-11-12-32-22)14-33(28,29)13-10-15-6-8-16(23)9-7-15;1-19-8-4-3-5-9(20-2)10(8)18-11(16-17-13(18)14)12-15-6-7-21-12/h3-9,11-12H,10,13-14H2,1-2H3;3-7H,1-2H3,(H2,14,17). The molecule has 0 radical (unpaired) electrons. The molecule has 0 fully saturated rings. The van der Waals surface area contributed by atoms with Crippen LogP contribution >= 0.6 is 34.3 Å². The van der Waals surface area contributed by atoms with Crippen molar-refractivity contribution in [2.24, 2.45) is 0 Å². The highest BCUT2D eigenvalue weighted by molar-refractivity contribution is 7.90. The van der Waals surface area contributed by atoms with Crippen LogP contribution in [0.2, 0.25) is 5.02 Å². The van der Waals surface area contributed by atoms with Gasteiger partial charge in [-0.1, -0.05) is 35.9 Å². The van der Waals surface area contributed by atoms with Crippen LogP contribution in [0.15, 0.2) is 83.8 Å². The normalized spacial score (nSPS) is 11.1. The van der Waals surface area contributed by atoms with E-state index in [1.165, 1.54) is 36.9 Å². The molecule has 19 heteroatoms. The zero-order chi connectivity index (χ0) is 38.2. The Bertz CT molecular complexity index is 2370. The van der Waals surface area contributed by atoms with Gasteiger partial charge in [-0.15, -0.1) is 43.1 Å². The van der Waals surface area contributed by atoms with E-state index in [2.05, 4.69) is 30.4 Å². The summed E-state index contributed by atoms with van der Waals surface area (Å²) in [5, 5.41) is 22.1. The van der Waals surface area contributed by atoms with Crippen molar-refractivity contribution in [3.05, 3.63) is 100 Å². The molecule has 2 N–H and O–H groups in total. The van der Waals surface area contributed by atoms with Crippen LogP contribution in [0.25, 0.3) is 33.0 Å². The molecular formula is C35H34ClN9O6S3. The predicted octanol–water partition coefficient (Wildman–Crippen LogP) is 6.21. The zero-order valence-corrected chi connectivity index (χ0v) is 32.6. The van der Waals surface area contributed by atoms with Crippen LogP contribution in [0.1, 0.15) is 11.4 Å². The van der Waals surface area contributed by atoms with Crippen molar-refractivity contribution >= 4 is 50.1 Å². The second-order valence-electron chi connectivity index (χ2n) is 11.2. The lowest BCUT2D eigenvalue weighted by molar-refractivity contribution is 0.390. The molecule has 0 aliphatic rings. The summed E-state index contributed by atoms with van der Waals surface area (Å²) in [5.41, 5.74) is 8.03. The minimum atomic E-state index is -3.52. The largest absolute Gasteiger partial charge is 0.494 e. The lowest BCUT2D eigenvalue weighted by Gasteiger charge is -2.16. The molecule has 280 valence electrons. The molecule has 0 amide bonds. The van der Waals surface area contributed by atoms with Gasteiger partial charge in [0.05, 0.1) is 34.2 Å². The number of benzene rings is 3. The summed E-state index contributed by atoms with van der Waals surface area (Å²) in [6, 6.07) is 17.9.